The summed E-state index contributed by atoms with van der Waals surface area (Å²) < 4.78 is 1.53. The molecule has 6 nitrogen and oxygen atoms in total. The molecule has 0 unspecified atom stereocenters. The highest BCUT2D eigenvalue weighted by molar-refractivity contribution is 7.99. The molecule has 0 radical (unpaired) electrons. The fraction of sp³-hybridized carbons (Fsp3) is 0.357. The van der Waals surface area contributed by atoms with Crippen molar-refractivity contribution in [2.75, 3.05) is 11.1 Å². The van der Waals surface area contributed by atoms with Crippen molar-refractivity contribution in [1.29, 1.82) is 0 Å². The zero-order chi connectivity index (χ0) is 16.1. The first-order chi connectivity index (χ1) is 10.5. The fourth-order valence-corrected chi connectivity index (χ4v) is 2.84. The highest BCUT2D eigenvalue weighted by Gasteiger charge is 2.12. The number of rotatable bonds is 6. The van der Waals surface area contributed by atoms with Crippen molar-refractivity contribution in [2.45, 2.75) is 32.0 Å². The Hall–Kier alpha value is -1.73. The number of anilines is 1. The molecule has 2 aromatic rings. The van der Waals surface area contributed by atoms with Crippen molar-refractivity contribution in [3.63, 3.8) is 0 Å². The van der Waals surface area contributed by atoms with Gasteiger partial charge in [0.25, 0.3) is 0 Å². The summed E-state index contributed by atoms with van der Waals surface area (Å²) in [6.45, 7) is 4.40. The topological polar surface area (TPSA) is 79.8 Å². The van der Waals surface area contributed by atoms with E-state index < -0.39 is 0 Å². The molecule has 0 aliphatic heterocycles. The number of nitrogens with zero attached hydrogens (tertiary/aromatic N) is 2. The number of carbonyl (C=O) groups is 1. The van der Waals surface area contributed by atoms with Crippen LogP contribution in [-0.2, 0) is 11.3 Å². The highest BCUT2D eigenvalue weighted by atomic mass is 35.5. The van der Waals surface area contributed by atoms with E-state index in [0.29, 0.717) is 22.4 Å². The lowest BCUT2D eigenvalue weighted by Crippen LogP contribution is -2.18. The Kier molecular flexibility index (Phi) is 5.68. The van der Waals surface area contributed by atoms with Gasteiger partial charge in [0.1, 0.15) is 0 Å². The van der Waals surface area contributed by atoms with Crippen LogP contribution in [0.2, 0.25) is 5.02 Å². The Morgan fingerprint density at radius 2 is 2.27 bits per heavy atom. The minimum absolute atomic E-state index is 0.167. The monoisotopic (exact) mass is 340 g/mol. The first-order valence-electron chi connectivity index (χ1n) is 6.86. The molecule has 1 heterocycles. The van der Waals surface area contributed by atoms with E-state index in [1.165, 1.54) is 16.3 Å². The van der Waals surface area contributed by atoms with Gasteiger partial charge in [0.05, 0.1) is 5.75 Å². The van der Waals surface area contributed by atoms with Crippen molar-refractivity contribution in [1.82, 2.24) is 14.8 Å². The summed E-state index contributed by atoms with van der Waals surface area (Å²) in [6.07, 6.45) is 0.820. The van der Waals surface area contributed by atoms with Gasteiger partial charge in [-0.1, -0.05) is 36.4 Å². The van der Waals surface area contributed by atoms with Crippen LogP contribution in [0.5, 0.6) is 0 Å². The summed E-state index contributed by atoms with van der Waals surface area (Å²) in [7, 11) is 0. The van der Waals surface area contributed by atoms with E-state index >= 15 is 0 Å². The van der Waals surface area contributed by atoms with Gasteiger partial charge >= 0.3 is 5.69 Å². The number of hydrogen-bond donors (Lipinski definition) is 2. The summed E-state index contributed by atoms with van der Waals surface area (Å²) in [5.41, 5.74) is 1.26. The van der Waals surface area contributed by atoms with Gasteiger partial charge in [-0.2, -0.15) is 0 Å². The van der Waals surface area contributed by atoms with E-state index in [2.05, 4.69) is 15.5 Å². The number of aromatic nitrogens is 3. The number of H-pyrrole nitrogens is 1. The maximum atomic E-state index is 12.0. The highest BCUT2D eigenvalue weighted by Crippen LogP contribution is 2.23. The average Bonchev–Trinajstić information content (AvgIpc) is 2.83. The zero-order valence-electron chi connectivity index (χ0n) is 12.4. The lowest BCUT2D eigenvalue weighted by molar-refractivity contribution is -0.113. The van der Waals surface area contributed by atoms with E-state index in [9.17, 15) is 9.59 Å². The second-order valence-electron chi connectivity index (χ2n) is 4.71. The second-order valence-corrected chi connectivity index (χ2v) is 6.06. The smallest absolute Gasteiger partial charge is 0.325 e. The van der Waals surface area contributed by atoms with Crippen LogP contribution in [0.1, 0.15) is 18.9 Å². The molecule has 1 aromatic heterocycles. The average molecular weight is 341 g/mol. The number of aromatic amines is 1. The quantitative estimate of drug-likeness (QED) is 0.792. The Balaban J connectivity index is 1.99. The van der Waals surface area contributed by atoms with Gasteiger partial charge in [-0.25, -0.2) is 9.89 Å². The standard InChI is InChI=1S/C14H17ClN4O2S/c1-3-7-19-13(21)17-18-14(19)22-8-12(20)16-11-6-4-5-10(15)9(11)2/h4-6H,3,7-8H2,1-2H3,(H,16,20)(H,17,21). The van der Waals surface area contributed by atoms with Crippen molar-refractivity contribution in [3.8, 4) is 0 Å². The molecule has 0 bridgehead atoms. The third-order valence-electron chi connectivity index (χ3n) is 3.04. The molecule has 0 aliphatic carbocycles. The second kappa shape index (κ2) is 7.51. The molecule has 0 aliphatic rings. The van der Waals surface area contributed by atoms with Gasteiger partial charge in [-0.3, -0.25) is 9.36 Å². The molecular weight excluding hydrogens is 324 g/mol. The molecule has 0 atom stereocenters. The molecule has 8 heteroatoms. The molecule has 0 fully saturated rings. The summed E-state index contributed by atoms with van der Waals surface area (Å²) in [5, 5.41) is 10.3. The van der Waals surface area contributed by atoms with E-state index in [0.717, 1.165) is 12.0 Å². The third-order valence-corrected chi connectivity index (χ3v) is 4.43. The number of carbonyl (C=O) groups excluding carboxylic acids is 1. The number of hydrogen-bond acceptors (Lipinski definition) is 4. The van der Waals surface area contributed by atoms with Crippen LogP contribution in [0.25, 0.3) is 0 Å². The fourth-order valence-electron chi connectivity index (χ4n) is 1.89. The van der Waals surface area contributed by atoms with E-state index in [-0.39, 0.29) is 17.3 Å². The van der Waals surface area contributed by atoms with Gasteiger partial charge in [-0.15, -0.1) is 5.10 Å². The first kappa shape index (κ1) is 16.6. The van der Waals surface area contributed by atoms with Gasteiger partial charge in [0.2, 0.25) is 5.91 Å². The molecule has 1 aromatic carbocycles. The lowest BCUT2D eigenvalue weighted by atomic mass is 10.2. The summed E-state index contributed by atoms with van der Waals surface area (Å²) in [5.74, 6) is -0.00572. The van der Waals surface area contributed by atoms with Gasteiger partial charge in [-0.05, 0) is 31.0 Å². The number of amides is 1. The summed E-state index contributed by atoms with van der Waals surface area (Å²) >= 11 is 7.24. The van der Waals surface area contributed by atoms with Gasteiger partial charge < -0.3 is 5.32 Å². The maximum Gasteiger partial charge on any atom is 0.343 e. The molecule has 2 rings (SSSR count). The first-order valence-corrected chi connectivity index (χ1v) is 8.22. The predicted octanol–water partition coefficient (Wildman–Crippen LogP) is 2.67. The Morgan fingerprint density at radius 1 is 1.50 bits per heavy atom. The van der Waals surface area contributed by atoms with E-state index in [4.69, 9.17) is 11.6 Å². The molecular formula is C14H17ClN4O2S. The molecule has 22 heavy (non-hydrogen) atoms. The number of thioether (sulfide) groups is 1. The van der Waals surface area contributed by atoms with Crippen molar-refractivity contribution in [3.05, 3.63) is 39.3 Å². The minimum atomic E-state index is -0.254. The largest absolute Gasteiger partial charge is 0.343 e. The minimum Gasteiger partial charge on any atom is -0.325 e. The van der Waals surface area contributed by atoms with Crippen LogP contribution in [0.15, 0.2) is 28.2 Å². The Labute approximate surface area is 137 Å². The molecule has 0 spiro atoms. The number of halogens is 1. The molecule has 2 N–H and O–H groups in total. The zero-order valence-corrected chi connectivity index (χ0v) is 13.9. The van der Waals surface area contributed by atoms with Crippen LogP contribution in [0, 0.1) is 6.92 Å². The predicted molar refractivity (Wildman–Crippen MR) is 88.7 cm³/mol. The number of nitrogens with one attached hydrogen (secondary N) is 2. The van der Waals surface area contributed by atoms with Crippen molar-refractivity contribution < 1.29 is 4.79 Å². The molecule has 0 saturated carbocycles. The summed E-state index contributed by atoms with van der Waals surface area (Å²) in [6, 6.07) is 5.35. The van der Waals surface area contributed by atoms with Crippen molar-refractivity contribution in [2.24, 2.45) is 0 Å². The Morgan fingerprint density at radius 3 is 3.00 bits per heavy atom. The van der Waals surface area contributed by atoms with Crippen LogP contribution in [0.3, 0.4) is 0 Å². The van der Waals surface area contributed by atoms with Crippen molar-refractivity contribution >= 4 is 35.0 Å². The third kappa shape index (κ3) is 3.92. The lowest BCUT2D eigenvalue weighted by Gasteiger charge is -2.09. The van der Waals surface area contributed by atoms with Crippen LogP contribution >= 0.6 is 23.4 Å². The summed E-state index contributed by atoms with van der Waals surface area (Å²) in [4.78, 5) is 23.6. The maximum absolute atomic E-state index is 12.0. The van der Waals surface area contributed by atoms with Crippen LogP contribution < -0.4 is 11.0 Å². The molecule has 1 amide bonds. The Bertz CT molecular complexity index is 726. The van der Waals surface area contributed by atoms with Gasteiger partial charge in [0, 0.05) is 17.3 Å². The molecule has 0 saturated heterocycles. The van der Waals surface area contributed by atoms with E-state index in [1.54, 1.807) is 18.2 Å². The SMILES string of the molecule is CCCn1c(SCC(=O)Nc2cccc(Cl)c2C)n[nH]c1=O. The molecule has 118 valence electrons. The van der Waals surface area contributed by atoms with Crippen LogP contribution in [-0.4, -0.2) is 26.4 Å². The van der Waals surface area contributed by atoms with Gasteiger partial charge in [0.15, 0.2) is 5.16 Å². The number of benzene rings is 1. The van der Waals surface area contributed by atoms with E-state index in [1.807, 2.05) is 13.8 Å². The van der Waals surface area contributed by atoms with Crippen LogP contribution in [0.4, 0.5) is 5.69 Å². The normalized spacial score (nSPS) is 10.7.